The predicted octanol–water partition coefficient (Wildman–Crippen LogP) is 4.77. The number of aryl methyl sites for hydroxylation is 1. The monoisotopic (exact) mass is 500 g/mol. The van der Waals surface area contributed by atoms with Gasteiger partial charge in [0.1, 0.15) is 15.8 Å². The molecule has 4 rings (SSSR count). The first-order valence-electron chi connectivity index (χ1n) is 12.1. The van der Waals surface area contributed by atoms with Gasteiger partial charge in [0.2, 0.25) is 0 Å². The first-order chi connectivity index (χ1) is 16.5. The van der Waals surface area contributed by atoms with Crippen molar-refractivity contribution in [2.45, 2.75) is 64.9 Å². The molecule has 2 aromatic heterocycles. The number of amides is 1. The second kappa shape index (κ2) is 11.5. The summed E-state index contributed by atoms with van der Waals surface area (Å²) in [5.41, 5.74) is 1.66. The molecule has 1 amide bonds. The number of rotatable bonds is 10. The number of aromatic nitrogens is 2. The molecule has 4 heterocycles. The van der Waals surface area contributed by atoms with E-state index in [0.717, 1.165) is 37.9 Å². The van der Waals surface area contributed by atoms with E-state index in [1.807, 2.05) is 19.1 Å². The molecule has 0 bridgehead atoms. The Hall–Kier alpha value is -2.23. The zero-order valence-corrected chi connectivity index (χ0v) is 21.5. The van der Waals surface area contributed by atoms with Crippen LogP contribution in [0.3, 0.4) is 0 Å². The number of nitrogens with one attached hydrogen (secondary N) is 1. The van der Waals surface area contributed by atoms with Crippen molar-refractivity contribution in [3.05, 3.63) is 44.7 Å². The summed E-state index contributed by atoms with van der Waals surface area (Å²) in [6.45, 7) is 6.05. The van der Waals surface area contributed by atoms with Gasteiger partial charge in [0.15, 0.2) is 0 Å². The summed E-state index contributed by atoms with van der Waals surface area (Å²) in [7, 11) is 0. The summed E-state index contributed by atoms with van der Waals surface area (Å²) in [4.78, 5) is 33.4. The van der Waals surface area contributed by atoms with Crippen LogP contribution in [0.2, 0.25) is 0 Å². The van der Waals surface area contributed by atoms with Crippen LogP contribution in [-0.2, 0) is 9.53 Å². The van der Waals surface area contributed by atoms with Crippen molar-refractivity contribution in [1.29, 1.82) is 0 Å². The second-order valence-corrected chi connectivity index (χ2v) is 10.6. The standard InChI is InChI=1S/C25H32N4O3S2/c1-3-4-5-6-7-12-28-24(31)20(34-25(28)33)14-19-22(26-15-18-9-8-13-32-18)27-21-11-10-17(2)16-29(21)23(19)30/h10-11,14,16,18,26H,3-9,12-13,15H2,1-2H3. The number of carbonyl (C=O) groups excluding carboxylic acids is 1. The van der Waals surface area contributed by atoms with Crippen LogP contribution < -0.4 is 10.9 Å². The number of thioether (sulfide) groups is 1. The molecule has 2 saturated heterocycles. The average molecular weight is 501 g/mol. The fraction of sp³-hybridized carbons (Fsp3) is 0.520. The average Bonchev–Trinajstić information content (AvgIpc) is 3.43. The van der Waals surface area contributed by atoms with E-state index in [4.69, 9.17) is 21.9 Å². The summed E-state index contributed by atoms with van der Waals surface area (Å²) < 4.78 is 7.80. The van der Waals surface area contributed by atoms with Crippen molar-refractivity contribution < 1.29 is 9.53 Å². The molecule has 0 radical (unpaired) electrons. The van der Waals surface area contributed by atoms with Gasteiger partial charge in [0.05, 0.1) is 16.6 Å². The maximum atomic E-state index is 13.5. The number of fused-ring (bicyclic) bond motifs is 1. The molecule has 182 valence electrons. The number of pyridine rings is 1. The number of nitrogens with zero attached hydrogens (tertiary/aromatic N) is 3. The van der Waals surface area contributed by atoms with Crippen molar-refractivity contribution in [2.24, 2.45) is 0 Å². The molecule has 0 aromatic carbocycles. The minimum atomic E-state index is -0.214. The van der Waals surface area contributed by atoms with Crippen LogP contribution in [0.1, 0.15) is 63.0 Å². The number of thiocarbonyl (C=S) groups is 1. The Morgan fingerprint density at radius 2 is 2.09 bits per heavy atom. The summed E-state index contributed by atoms with van der Waals surface area (Å²) >= 11 is 6.75. The Morgan fingerprint density at radius 1 is 1.26 bits per heavy atom. The summed E-state index contributed by atoms with van der Waals surface area (Å²) in [5.74, 6) is 0.332. The van der Waals surface area contributed by atoms with E-state index in [1.165, 1.54) is 35.4 Å². The molecular weight excluding hydrogens is 468 g/mol. The predicted molar refractivity (Wildman–Crippen MR) is 142 cm³/mol. The highest BCUT2D eigenvalue weighted by molar-refractivity contribution is 8.26. The van der Waals surface area contributed by atoms with Crippen molar-refractivity contribution in [3.8, 4) is 0 Å². The van der Waals surface area contributed by atoms with Gasteiger partial charge in [-0.15, -0.1) is 0 Å². The normalized spacial score (nSPS) is 19.6. The highest BCUT2D eigenvalue weighted by atomic mass is 32.2. The third-order valence-electron chi connectivity index (χ3n) is 6.16. The molecule has 1 atom stereocenters. The summed E-state index contributed by atoms with van der Waals surface area (Å²) in [5, 5.41) is 3.31. The Kier molecular flexibility index (Phi) is 8.39. The van der Waals surface area contributed by atoms with E-state index in [9.17, 15) is 9.59 Å². The molecule has 2 aromatic rings. The van der Waals surface area contributed by atoms with Crippen molar-refractivity contribution in [2.75, 3.05) is 25.0 Å². The molecule has 2 aliphatic heterocycles. The first-order valence-corrected chi connectivity index (χ1v) is 13.3. The second-order valence-electron chi connectivity index (χ2n) is 8.88. The molecule has 1 unspecified atom stereocenters. The summed E-state index contributed by atoms with van der Waals surface area (Å²) in [6, 6.07) is 3.76. The largest absolute Gasteiger partial charge is 0.376 e. The SMILES string of the molecule is CCCCCCCN1C(=O)C(=Cc2c(NCC3CCCO3)nc3ccc(C)cn3c2=O)SC1=S. The van der Waals surface area contributed by atoms with Crippen molar-refractivity contribution in [3.63, 3.8) is 0 Å². The number of hydrogen-bond acceptors (Lipinski definition) is 7. The smallest absolute Gasteiger partial charge is 0.267 e. The lowest BCUT2D eigenvalue weighted by Gasteiger charge is -2.15. The highest BCUT2D eigenvalue weighted by Crippen LogP contribution is 2.33. The highest BCUT2D eigenvalue weighted by Gasteiger charge is 2.32. The molecular formula is C25H32N4O3S2. The molecule has 2 aliphatic rings. The Morgan fingerprint density at radius 3 is 2.85 bits per heavy atom. The van der Waals surface area contributed by atoms with Crippen LogP contribution in [-0.4, -0.2) is 50.3 Å². The lowest BCUT2D eigenvalue weighted by molar-refractivity contribution is -0.122. The van der Waals surface area contributed by atoms with Gasteiger partial charge in [0, 0.05) is 25.9 Å². The third kappa shape index (κ3) is 5.70. The van der Waals surface area contributed by atoms with Gasteiger partial charge in [-0.2, -0.15) is 0 Å². The Bertz CT molecular complexity index is 1150. The van der Waals surface area contributed by atoms with Crippen LogP contribution in [0, 0.1) is 6.92 Å². The third-order valence-corrected chi connectivity index (χ3v) is 7.54. The van der Waals surface area contributed by atoms with Crippen LogP contribution in [0.15, 0.2) is 28.0 Å². The molecule has 0 aliphatic carbocycles. The Balaban J connectivity index is 1.61. The van der Waals surface area contributed by atoms with E-state index in [0.29, 0.717) is 39.3 Å². The van der Waals surface area contributed by atoms with E-state index < -0.39 is 0 Å². The van der Waals surface area contributed by atoms with E-state index >= 15 is 0 Å². The number of anilines is 1. The van der Waals surface area contributed by atoms with Crippen LogP contribution in [0.25, 0.3) is 11.7 Å². The first kappa shape index (κ1) is 24.9. The number of carbonyl (C=O) groups is 1. The zero-order chi connectivity index (χ0) is 24.1. The fourth-order valence-electron chi connectivity index (χ4n) is 4.24. The van der Waals surface area contributed by atoms with Gasteiger partial charge >= 0.3 is 0 Å². The molecule has 0 saturated carbocycles. The lowest BCUT2D eigenvalue weighted by atomic mass is 10.1. The Labute approximate surface area is 210 Å². The lowest BCUT2D eigenvalue weighted by Crippen LogP contribution is -2.29. The van der Waals surface area contributed by atoms with Crippen molar-refractivity contribution >= 4 is 51.7 Å². The topological polar surface area (TPSA) is 75.9 Å². The van der Waals surface area contributed by atoms with Crippen LogP contribution in [0.5, 0.6) is 0 Å². The van der Waals surface area contributed by atoms with Gasteiger partial charge in [-0.05, 0) is 43.9 Å². The number of unbranched alkanes of at least 4 members (excludes halogenated alkanes) is 4. The minimum absolute atomic E-state index is 0.0945. The van der Waals surface area contributed by atoms with E-state index in [1.54, 1.807) is 17.2 Å². The van der Waals surface area contributed by atoms with E-state index in [-0.39, 0.29) is 17.6 Å². The van der Waals surface area contributed by atoms with Gasteiger partial charge < -0.3 is 10.1 Å². The van der Waals surface area contributed by atoms with Crippen LogP contribution >= 0.6 is 24.0 Å². The number of hydrogen-bond donors (Lipinski definition) is 1. The molecule has 9 heteroatoms. The molecule has 1 N–H and O–H groups in total. The summed E-state index contributed by atoms with van der Waals surface area (Å²) in [6.07, 6.45) is 11.1. The van der Waals surface area contributed by atoms with Gasteiger partial charge in [-0.1, -0.05) is 62.7 Å². The van der Waals surface area contributed by atoms with E-state index in [2.05, 4.69) is 12.2 Å². The maximum absolute atomic E-state index is 13.5. The molecule has 7 nitrogen and oxygen atoms in total. The fourth-order valence-corrected chi connectivity index (χ4v) is 5.53. The molecule has 34 heavy (non-hydrogen) atoms. The minimum Gasteiger partial charge on any atom is -0.376 e. The van der Waals surface area contributed by atoms with Gasteiger partial charge in [0.25, 0.3) is 11.5 Å². The van der Waals surface area contributed by atoms with Crippen LogP contribution in [0.4, 0.5) is 5.82 Å². The van der Waals surface area contributed by atoms with Gasteiger partial charge in [-0.25, -0.2) is 4.98 Å². The maximum Gasteiger partial charge on any atom is 0.267 e. The molecule has 2 fully saturated rings. The quantitative estimate of drug-likeness (QED) is 0.286. The number of ether oxygens (including phenoxy) is 1. The van der Waals surface area contributed by atoms with Crippen molar-refractivity contribution in [1.82, 2.24) is 14.3 Å². The van der Waals surface area contributed by atoms with Gasteiger partial charge in [-0.3, -0.25) is 18.9 Å². The zero-order valence-electron chi connectivity index (χ0n) is 19.8. The molecule has 0 spiro atoms.